The highest BCUT2D eigenvalue weighted by Gasteiger charge is 1.85. The summed E-state index contributed by atoms with van der Waals surface area (Å²) in [5, 5.41) is 0. The van der Waals surface area contributed by atoms with Crippen LogP contribution in [0.5, 0.6) is 0 Å². The van der Waals surface area contributed by atoms with Crippen LogP contribution >= 0.6 is 23.8 Å². The van der Waals surface area contributed by atoms with Gasteiger partial charge in [-0.1, -0.05) is 37.2 Å². The SMILES string of the molecule is CCCCC(=S)Cl. The van der Waals surface area contributed by atoms with Crippen molar-refractivity contribution in [1.29, 1.82) is 0 Å². The van der Waals surface area contributed by atoms with E-state index >= 15 is 0 Å². The second kappa shape index (κ2) is 4.54. The quantitative estimate of drug-likeness (QED) is 0.425. The number of thiocarbonyl (C=S) groups is 1. The summed E-state index contributed by atoms with van der Waals surface area (Å²) in [4.78, 5) is 0. The highest BCUT2D eigenvalue weighted by atomic mass is 35.5. The predicted octanol–water partition coefficient (Wildman–Crippen LogP) is 2.74. The van der Waals surface area contributed by atoms with E-state index in [1.807, 2.05) is 0 Å². The van der Waals surface area contributed by atoms with Gasteiger partial charge in [-0.3, -0.25) is 0 Å². The van der Waals surface area contributed by atoms with Crippen LogP contribution < -0.4 is 0 Å². The summed E-state index contributed by atoms with van der Waals surface area (Å²) in [5.74, 6) is 0. The Morgan fingerprint density at radius 1 is 1.71 bits per heavy atom. The molecule has 0 fully saturated rings. The van der Waals surface area contributed by atoms with E-state index < -0.39 is 0 Å². The molecule has 2 heteroatoms. The Morgan fingerprint density at radius 2 is 2.29 bits per heavy atom. The monoisotopic (exact) mass is 136 g/mol. The van der Waals surface area contributed by atoms with E-state index in [2.05, 4.69) is 19.1 Å². The van der Waals surface area contributed by atoms with Crippen molar-refractivity contribution in [3.63, 3.8) is 0 Å². The van der Waals surface area contributed by atoms with Crippen molar-refractivity contribution in [2.24, 2.45) is 0 Å². The lowest BCUT2D eigenvalue weighted by atomic mass is 10.3. The van der Waals surface area contributed by atoms with Gasteiger partial charge in [0, 0.05) is 0 Å². The first-order chi connectivity index (χ1) is 3.27. The summed E-state index contributed by atoms with van der Waals surface area (Å²) in [6.07, 6.45) is 3.20. The Morgan fingerprint density at radius 3 is 2.43 bits per heavy atom. The van der Waals surface area contributed by atoms with Gasteiger partial charge in [0.05, 0.1) is 4.32 Å². The van der Waals surface area contributed by atoms with Gasteiger partial charge >= 0.3 is 0 Å². The number of rotatable bonds is 3. The van der Waals surface area contributed by atoms with E-state index in [1.54, 1.807) is 0 Å². The molecule has 0 heterocycles. The van der Waals surface area contributed by atoms with Crippen LogP contribution in [0.4, 0.5) is 0 Å². The Hall–Kier alpha value is 0.380. The Bertz CT molecular complexity index is 61.1. The van der Waals surface area contributed by atoms with E-state index in [1.165, 1.54) is 6.42 Å². The molecule has 0 spiro atoms. The van der Waals surface area contributed by atoms with Crippen LogP contribution in [-0.2, 0) is 0 Å². The first-order valence-electron chi connectivity index (χ1n) is 2.45. The zero-order valence-electron chi connectivity index (χ0n) is 4.41. The van der Waals surface area contributed by atoms with Gasteiger partial charge in [0.2, 0.25) is 0 Å². The summed E-state index contributed by atoms with van der Waals surface area (Å²) in [7, 11) is 0. The summed E-state index contributed by atoms with van der Waals surface area (Å²) in [6.45, 7) is 2.12. The van der Waals surface area contributed by atoms with Gasteiger partial charge in [0.15, 0.2) is 0 Å². The van der Waals surface area contributed by atoms with Crippen LogP contribution in [0.2, 0.25) is 0 Å². The fourth-order valence-electron chi connectivity index (χ4n) is 0.316. The minimum atomic E-state index is 0.613. The molecular formula is C5H9ClS. The van der Waals surface area contributed by atoms with Gasteiger partial charge in [-0.2, -0.15) is 0 Å². The Labute approximate surface area is 54.9 Å². The lowest BCUT2D eigenvalue weighted by Gasteiger charge is -1.87. The highest BCUT2D eigenvalue weighted by molar-refractivity contribution is 7.83. The van der Waals surface area contributed by atoms with Gasteiger partial charge in [-0.25, -0.2) is 0 Å². The summed E-state index contributed by atoms with van der Waals surface area (Å²) < 4.78 is 0.613. The first kappa shape index (κ1) is 7.38. The molecule has 0 atom stereocenters. The van der Waals surface area contributed by atoms with Crippen LogP contribution in [0.3, 0.4) is 0 Å². The van der Waals surface area contributed by atoms with Crippen molar-refractivity contribution in [2.75, 3.05) is 0 Å². The molecule has 0 saturated carbocycles. The van der Waals surface area contributed by atoms with E-state index in [9.17, 15) is 0 Å². The maximum atomic E-state index is 5.39. The third-order valence-electron chi connectivity index (χ3n) is 0.727. The third kappa shape index (κ3) is 6.38. The molecule has 0 aromatic carbocycles. The maximum Gasteiger partial charge on any atom is 0.0808 e. The normalized spacial score (nSPS) is 8.86. The lowest BCUT2D eigenvalue weighted by Crippen LogP contribution is -1.79. The van der Waals surface area contributed by atoms with Crippen molar-refractivity contribution in [3.8, 4) is 0 Å². The maximum absolute atomic E-state index is 5.39. The molecule has 0 rings (SSSR count). The molecule has 7 heavy (non-hydrogen) atoms. The molecule has 0 aromatic heterocycles. The second-order valence-corrected chi connectivity index (χ2v) is 2.63. The van der Waals surface area contributed by atoms with Crippen molar-refractivity contribution < 1.29 is 0 Å². The minimum Gasteiger partial charge on any atom is -0.0765 e. The molecule has 0 N–H and O–H groups in total. The highest BCUT2D eigenvalue weighted by Crippen LogP contribution is 1.99. The average Bonchev–Trinajstić information content (AvgIpc) is 1.61. The number of hydrogen-bond acceptors (Lipinski definition) is 1. The molecule has 0 radical (unpaired) electrons. The van der Waals surface area contributed by atoms with Crippen molar-refractivity contribution in [1.82, 2.24) is 0 Å². The molecule has 0 amide bonds. The lowest BCUT2D eigenvalue weighted by molar-refractivity contribution is 0.844. The van der Waals surface area contributed by atoms with Gasteiger partial charge in [0.25, 0.3) is 0 Å². The molecule has 0 unspecified atom stereocenters. The van der Waals surface area contributed by atoms with Crippen LogP contribution in [-0.4, -0.2) is 4.32 Å². The fraction of sp³-hybridized carbons (Fsp3) is 0.800. The molecule has 42 valence electrons. The topological polar surface area (TPSA) is 0 Å². The average molecular weight is 137 g/mol. The predicted molar refractivity (Wildman–Crippen MR) is 38.0 cm³/mol. The molecule has 0 aliphatic rings. The molecule has 0 aliphatic carbocycles. The smallest absolute Gasteiger partial charge is 0.0765 e. The van der Waals surface area contributed by atoms with Crippen molar-refractivity contribution in [2.45, 2.75) is 26.2 Å². The Kier molecular flexibility index (Phi) is 4.78. The van der Waals surface area contributed by atoms with E-state index in [0.717, 1.165) is 12.8 Å². The standard InChI is InChI=1S/C5H9ClS/c1-2-3-4-5(6)7/h2-4H2,1H3. The summed E-state index contributed by atoms with van der Waals surface area (Å²) >= 11 is 10.0. The van der Waals surface area contributed by atoms with Gasteiger partial charge < -0.3 is 0 Å². The fourth-order valence-corrected chi connectivity index (χ4v) is 0.594. The number of hydrogen-bond donors (Lipinski definition) is 0. The van der Waals surface area contributed by atoms with Crippen molar-refractivity contribution >= 4 is 28.1 Å². The van der Waals surface area contributed by atoms with Crippen LogP contribution in [0.1, 0.15) is 26.2 Å². The zero-order chi connectivity index (χ0) is 5.70. The summed E-state index contributed by atoms with van der Waals surface area (Å²) in [5.41, 5.74) is 0. The zero-order valence-corrected chi connectivity index (χ0v) is 5.98. The molecule has 0 bridgehead atoms. The van der Waals surface area contributed by atoms with E-state index in [0.29, 0.717) is 4.32 Å². The van der Waals surface area contributed by atoms with Gasteiger partial charge in [-0.05, 0) is 12.8 Å². The van der Waals surface area contributed by atoms with Crippen molar-refractivity contribution in [3.05, 3.63) is 0 Å². The van der Waals surface area contributed by atoms with E-state index in [4.69, 9.17) is 11.6 Å². The Balaban J connectivity index is 2.82. The molecular weight excluding hydrogens is 128 g/mol. The van der Waals surface area contributed by atoms with Gasteiger partial charge in [0.1, 0.15) is 0 Å². The van der Waals surface area contributed by atoms with E-state index in [-0.39, 0.29) is 0 Å². The minimum absolute atomic E-state index is 0.613. The first-order valence-corrected chi connectivity index (χ1v) is 3.24. The molecule has 0 saturated heterocycles. The van der Waals surface area contributed by atoms with Crippen LogP contribution in [0, 0.1) is 0 Å². The number of halogens is 1. The second-order valence-electron chi connectivity index (χ2n) is 1.46. The molecule has 0 nitrogen and oxygen atoms in total. The number of unbranched alkanes of at least 4 members (excludes halogenated alkanes) is 1. The third-order valence-corrected chi connectivity index (χ3v) is 1.12. The van der Waals surface area contributed by atoms with Crippen LogP contribution in [0.25, 0.3) is 0 Å². The molecule has 0 aliphatic heterocycles. The van der Waals surface area contributed by atoms with Crippen LogP contribution in [0.15, 0.2) is 0 Å². The summed E-state index contributed by atoms with van der Waals surface area (Å²) in [6, 6.07) is 0. The largest absolute Gasteiger partial charge is 0.0808 e. The van der Waals surface area contributed by atoms with Gasteiger partial charge in [-0.15, -0.1) is 0 Å². The molecule has 0 aromatic rings.